The van der Waals surface area contributed by atoms with Crippen LogP contribution < -0.4 is 14.4 Å². The number of nitrogens with zero attached hydrogens (tertiary/aromatic N) is 2. The van der Waals surface area contributed by atoms with Crippen molar-refractivity contribution in [3.63, 3.8) is 0 Å². The number of halogens is 1. The minimum absolute atomic E-state index is 0.146. The van der Waals surface area contributed by atoms with Crippen LogP contribution in [0.4, 0.5) is 5.69 Å². The number of carbonyl (C=O) groups excluding carboxylic acids is 1. The first-order valence-electron chi connectivity index (χ1n) is 9.47. The zero-order chi connectivity index (χ0) is 21.3. The molecule has 0 saturated carbocycles. The third-order valence-corrected chi connectivity index (χ3v) is 4.70. The van der Waals surface area contributed by atoms with Crippen molar-refractivity contribution in [1.82, 2.24) is 4.98 Å². The predicted octanol–water partition coefficient (Wildman–Crippen LogP) is 5.08. The highest BCUT2D eigenvalue weighted by molar-refractivity contribution is 6.30. The highest BCUT2D eigenvalue weighted by Gasteiger charge is 2.18. The van der Waals surface area contributed by atoms with E-state index in [-0.39, 0.29) is 12.5 Å². The van der Waals surface area contributed by atoms with E-state index in [1.165, 1.54) is 0 Å². The summed E-state index contributed by atoms with van der Waals surface area (Å²) in [5, 5.41) is 0.601. The minimum atomic E-state index is -0.208. The molecule has 0 aliphatic carbocycles. The Morgan fingerprint density at radius 3 is 2.60 bits per heavy atom. The van der Waals surface area contributed by atoms with E-state index in [0.29, 0.717) is 28.8 Å². The van der Waals surface area contributed by atoms with Crippen molar-refractivity contribution < 1.29 is 14.3 Å². The summed E-state index contributed by atoms with van der Waals surface area (Å²) in [6, 6.07) is 18.3. The van der Waals surface area contributed by atoms with Crippen molar-refractivity contribution in [3.8, 4) is 11.5 Å². The quantitative estimate of drug-likeness (QED) is 0.451. The molecule has 1 aromatic heterocycles. The summed E-state index contributed by atoms with van der Waals surface area (Å²) in [5.41, 5.74) is 2.54. The van der Waals surface area contributed by atoms with E-state index in [2.05, 4.69) is 11.6 Å². The van der Waals surface area contributed by atoms with Gasteiger partial charge in [0.25, 0.3) is 5.91 Å². The first-order chi connectivity index (χ1) is 14.6. The lowest BCUT2D eigenvalue weighted by Crippen LogP contribution is -2.34. The lowest BCUT2D eigenvalue weighted by Gasteiger charge is -2.23. The summed E-state index contributed by atoms with van der Waals surface area (Å²) in [6.07, 6.45) is 4.25. The lowest BCUT2D eigenvalue weighted by molar-refractivity contribution is -0.120. The largest absolute Gasteiger partial charge is 0.493 e. The number of aromatic nitrogens is 1. The van der Waals surface area contributed by atoms with Crippen LogP contribution in [0.5, 0.6) is 11.5 Å². The van der Waals surface area contributed by atoms with Gasteiger partial charge in [-0.15, -0.1) is 6.58 Å². The number of pyridine rings is 1. The molecule has 0 unspecified atom stereocenters. The number of ether oxygens (including phenoxy) is 2. The Hall–Kier alpha value is -3.31. The summed E-state index contributed by atoms with van der Waals surface area (Å²) >= 11 is 6.01. The molecule has 2 aromatic carbocycles. The number of hydrogen-bond donors (Lipinski definition) is 0. The summed E-state index contributed by atoms with van der Waals surface area (Å²) in [7, 11) is 1.57. The van der Waals surface area contributed by atoms with Gasteiger partial charge in [-0.25, -0.2) is 0 Å². The maximum atomic E-state index is 13.1. The standard InChI is InChI=1S/C24H23ClN2O3/c1-3-6-18-8-13-22(23(15-18)29-2)30-17-24(28)27(16-20-7-4-5-14-26-20)21-11-9-19(25)10-12-21/h3-5,7-15H,1,6,16-17H2,2H3. The zero-order valence-corrected chi connectivity index (χ0v) is 17.5. The molecule has 6 heteroatoms. The normalized spacial score (nSPS) is 10.3. The molecule has 1 amide bonds. The first kappa shape index (κ1) is 21.4. The molecular formula is C24H23ClN2O3. The van der Waals surface area contributed by atoms with Crippen LogP contribution in [0.3, 0.4) is 0 Å². The van der Waals surface area contributed by atoms with Crippen LogP contribution in [0, 0.1) is 0 Å². The first-order valence-corrected chi connectivity index (χ1v) is 9.85. The topological polar surface area (TPSA) is 51.7 Å². The van der Waals surface area contributed by atoms with E-state index in [4.69, 9.17) is 21.1 Å². The van der Waals surface area contributed by atoms with Crippen LogP contribution in [0.15, 0.2) is 79.5 Å². The van der Waals surface area contributed by atoms with Crippen molar-refractivity contribution in [2.45, 2.75) is 13.0 Å². The van der Waals surface area contributed by atoms with Crippen molar-refractivity contribution >= 4 is 23.2 Å². The van der Waals surface area contributed by atoms with E-state index in [9.17, 15) is 4.79 Å². The number of amides is 1. The Balaban J connectivity index is 1.78. The fraction of sp³-hybridized carbons (Fsp3) is 0.167. The second-order valence-corrected chi connectivity index (χ2v) is 6.98. The maximum absolute atomic E-state index is 13.1. The maximum Gasteiger partial charge on any atom is 0.265 e. The van der Waals surface area contributed by atoms with Crippen LogP contribution in [-0.2, 0) is 17.8 Å². The van der Waals surface area contributed by atoms with Gasteiger partial charge in [-0.05, 0) is 60.5 Å². The number of methoxy groups -OCH3 is 1. The van der Waals surface area contributed by atoms with Crippen LogP contribution in [0.1, 0.15) is 11.3 Å². The van der Waals surface area contributed by atoms with Gasteiger partial charge in [-0.3, -0.25) is 9.78 Å². The fourth-order valence-corrected chi connectivity index (χ4v) is 3.07. The number of benzene rings is 2. The van der Waals surface area contributed by atoms with Crippen LogP contribution >= 0.6 is 11.6 Å². The van der Waals surface area contributed by atoms with Gasteiger partial charge in [0.1, 0.15) is 0 Å². The van der Waals surface area contributed by atoms with Crippen molar-refractivity contribution in [1.29, 1.82) is 0 Å². The Labute approximate surface area is 181 Å². The van der Waals surface area contributed by atoms with Crippen LogP contribution in [-0.4, -0.2) is 24.6 Å². The second-order valence-electron chi connectivity index (χ2n) is 6.54. The number of hydrogen-bond acceptors (Lipinski definition) is 4. The molecule has 0 saturated heterocycles. The Morgan fingerprint density at radius 2 is 1.93 bits per heavy atom. The molecule has 0 radical (unpaired) electrons. The monoisotopic (exact) mass is 422 g/mol. The van der Waals surface area contributed by atoms with E-state index in [1.54, 1.807) is 48.5 Å². The molecule has 0 bridgehead atoms. The van der Waals surface area contributed by atoms with E-state index >= 15 is 0 Å². The van der Waals surface area contributed by atoms with Gasteiger partial charge in [-0.2, -0.15) is 0 Å². The summed E-state index contributed by atoms with van der Waals surface area (Å²) in [6.45, 7) is 3.92. The molecule has 30 heavy (non-hydrogen) atoms. The molecule has 0 fully saturated rings. The molecule has 3 aromatic rings. The number of anilines is 1. The third kappa shape index (κ3) is 5.61. The van der Waals surface area contributed by atoms with Gasteiger partial charge < -0.3 is 14.4 Å². The van der Waals surface area contributed by atoms with Gasteiger partial charge in [0.2, 0.25) is 0 Å². The average Bonchev–Trinajstić information content (AvgIpc) is 2.78. The van der Waals surface area contributed by atoms with E-state index in [0.717, 1.165) is 17.7 Å². The minimum Gasteiger partial charge on any atom is -0.493 e. The molecule has 0 aliphatic heterocycles. The number of rotatable bonds is 9. The van der Waals surface area contributed by atoms with Crippen LogP contribution in [0.25, 0.3) is 0 Å². The molecule has 3 rings (SSSR count). The molecule has 154 valence electrons. The second kappa shape index (κ2) is 10.5. The molecule has 1 heterocycles. The lowest BCUT2D eigenvalue weighted by atomic mass is 10.1. The zero-order valence-electron chi connectivity index (χ0n) is 16.8. The highest BCUT2D eigenvalue weighted by Crippen LogP contribution is 2.29. The van der Waals surface area contributed by atoms with Gasteiger partial charge >= 0.3 is 0 Å². The summed E-state index contributed by atoms with van der Waals surface area (Å²) in [4.78, 5) is 19.0. The predicted molar refractivity (Wildman–Crippen MR) is 119 cm³/mol. The van der Waals surface area contributed by atoms with Gasteiger partial charge in [-0.1, -0.05) is 29.8 Å². The Bertz CT molecular complexity index is 991. The molecule has 0 spiro atoms. The van der Waals surface area contributed by atoms with Crippen molar-refractivity contribution in [3.05, 3.63) is 95.8 Å². The third-order valence-electron chi connectivity index (χ3n) is 4.44. The van der Waals surface area contributed by atoms with E-state index in [1.807, 2.05) is 36.4 Å². The summed E-state index contributed by atoms with van der Waals surface area (Å²) in [5.74, 6) is 0.873. The molecule has 0 atom stereocenters. The molecular weight excluding hydrogens is 400 g/mol. The van der Waals surface area contributed by atoms with Gasteiger partial charge in [0.05, 0.1) is 19.3 Å². The Morgan fingerprint density at radius 1 is 1.13 bits per heavy atom. The Kier molecular flexibility index (Phi) is 7.46. The smallest absolute Gasteiger partial charge is 0.265 e. The highest BCUT2D eigenvalue weighted by atomic mass is 35.5. The van der Waals surface area contributed by atoms with Crippen molar-refractivity contribution in [2.24, 2.45) is 0 Å². The fourth-order valence-electron chi connectivity index (χ4n) is 2.94. The number of carbonyl (C=O) groups is 1. The SMILES string of the molecule is C=CCc1ccc(OCC(=O)N(Cc2ccccn2)c2ccc(Cl)cc2)c(OC)c1. The van der Waals surface area contributed by atoms with Crippen LogP contribution in [0.2, 0.25) is 5.02 Å². The summed E-state index contributed by atoms with van der Waals surface area (Å²) < 4.78 is 11.2. The van der Waals surface area contributed by atoms with E-state index < -0.39 is 0 Å². The number of allylic oxidation sites excluding steroid dienone is 1. The van der Waals surface area contributed by atoms with Gasteiger partial charge in [0.15, 0.2) is 18.1 Å². The molecule has 5 nitrogen and oxygen atoms in total. The molecule has 0 aliphatic rings. The molecule has 0 N–H and O–H groups in total. The average molecular weight is 423 g/mol. The van der Waals surface area contributed by atoms with Crippen molar-refractivity contribution in [2.75, 3.05) is 18.6 Å². The van der Waals surface area contributed by atoms with Gasteiger partial charge in [0, 0.05) is 16.9 Å².